The Morgan fingerprint density at radius 1 is 1.10 bits per heavy atom. The lowest BCUT2D eigenvalue weighted by molar-refractivity contribution is -0.384. The van der Waals surface area contributed by atoms with E-state index in [1.807, 2.05) is 0 Å². The summed E-state index contributed by atoms with van der Waals surface area (Å²) in [6.07, 6.45) is 3.39. The van der Waals surface area contributed by atoms with Gasteiger partial charge in [0.1, 0.15) is 12.2 Å². The third-order valence-corrected chi connectivity index (χ3v) is 6.50. The monoisotopic (exact) mass is 561 g/mol. The van der Waals surface area contributed by atoms with Crippen LogP contribution in [0.2, 0.25) is 5.02 Å². The summed E-state index contributed by atoms with van der Waals surface area (Å²) >= 11 is 6.19. The summed E-state index contributed by atoms with van der Waals surface area (Å²) in [7, 11) is 1.45. The van der Waals surface area contributed by atoms with Gasteiger partial charge in [0.25, 0.3) is 17.5 Å². The number of ether oxygens (including phenoxy) is 2. The maximum Gasteiger partial charge on any atom is 0.335 e. The summed E-state index contributed by atoms with van der Waals surface area (Å²) in [4.78, 5) is 49.8. The Morgan fingerprint density at radius 2 is 1.82 bits per heavy atom. The van der Waals surface area contributed by atoms with E-state index < -0.39 is 22.8 Å². The number of carbonyl (C=O) groups excluding carboxylic acids is 3. The first kappa shape index (κ1) is 28.1. The van der Waals surface area contributed by atoms with E-state index in [0.29, 0.717) is 39.6 Å². The summed E-state index contributed by atoms with van der Waals surface area (Å²) < 4.78 is 11.6. The van der Waals surface area contributed by atoms with Crippen LogP contribution >= 0.6 is 11.6 Å². The average Bonchev–Trinajstić information content (AvgIpc) is 2.92. The number of anilines is 1. The number of benzene rings is 3. The molecule has 1 aliphatic heterocycles. The molecule has 0 aliphatic carbocycles. The number of nitro groups is 1. The highest BCUT2D eigenvalue weighted by Gasteiger charge is 2.37. The number of non-ortho nitro benzene ring substituents is 1. The molecule has 1 saturated heterocycles. The van der Waals surface area contributed by atoms with Crippen molar-refractivity contribution in [1.29, 1.82) is 0 Å². The van der Waals surface area contributed by atoms with Crippen molar-refractivity contribution in [3.05, 3.63) is 110 Å². The fourth-order valence-electron chi connectivity index (χ4n) is 4.04. The van der Waals surface area contributed by atoms with Gasteiger partial charge in [-0.1, -0.05) is 23.7 Å². The van der Waals surface area contributed by atoms with Crippen LogP contribution in [0.1, 0.15) is 22.3 Å². The van der Waals surface area contributed by atoms with Crippen molar-refractivity contribution in [2.45, 2.75) is 20.0 Å². The summed E-state index contributed by atoms with van der Waals surface area (Å²) in [6.45, 7) is 5.67. The molecule has 0 bridgehead atoms. The van der Waals surface area contributed by atoms with E-state index in [0.717, 1.165) is 10.5 Å². The van der Waals surface area contributed by atoms with Crippen molar-refractivity contribution in [3.63, 3.8) is 0 Å². The SMILES string of the molecule is C=CCc1cc(/C=C2/C(=O)NC(=O)N(c3ccc(C)c(Cl)c3)C2=O)cc(OC)c1OCc1ccc([N+](=O)[O-])cc1. The number of rotatable bonds is 9. The predicted octanol–water partition coefficient (Wildman–Crippen LogP) is 5.54. The molecule has 0 spiro atoms. The number of methoxy groups -OCH3 is 1. The number of barbiturate groups is 1. The molecule has 3 aromatic carbocycles. The number of nitro benzene ring substituents is 1. The largest absolute Gasteiger partial charge is 0.493 e. The molecule has 0 aromatic heterocycles. The van der Waals surface area contributed by atoms with Crippen molar-refractivity contribution in [2.24, 2.45) is 0 Å². The highest BCUT2D eigenvalue weighted by atomic mass is 35.5. The number of allylic oxidation sites excluding steroid dienone is 1. The molecule has 1 aliphatic rings. The van der Waals surface area contributed by atoms with Gasteiger partial charge in [0, 0.05) is 22.7 Å². The van der Waals surface area contributed by atoms with Gasteiger partial charge in [0.2, 0.25) is 0 Å². The highest BCUT2D eigenvalue weighted by Crippen LogP contribution is 2.35. The van der Waals surface area contributed by atoms with Gasteiger partial charge in [-0.2, -0.15) is 0 Å². The van der Waals surface area contributed by atoms with Crippen molar-refractivity contribution >= 4 is 46.9 Å². The quantitative estimate of drug-likeness (QED) is 0.119. The Kier molecular flexibility index (Phi) is 8.30. The van der Waals surface area contributed by atoms with Crippen LogP contribution in [0, 0.1) is 17.0 Å². The van der Waals surface area contributed by atoms with Crippen LogP contribution in [0.15, 0.2) is 72.8 Å². The maximum atomic E-state index is 13.3. The fourth-order valence-corrected chi connectivity index (χ4v) is 4.21. The number of halogens is 1. The van der Waals surface area contributed by atoms with E-state index >= 15 is 0 Å². The molecule has 0 unspecified atom stereocenters. The van der Waals surface area contributed by atoms with E-state index in [9.17, 15) is 24.5 Å². The number of urea groups is 1. The van der Waals surface area contributed by atoms with Crippen LogP contribution in [0.25, 0.3) is 6.08 Å². The molecule has 10 nitrogen and oxygen atoms in total. The normalized spacial score (nSPS) is 14.2. The van der Waals surface area contributed by atoms with Crippen LogP contribution in [0.3, 0.4) is 0 Å². The van der Waals surface area contributed by atoms with E-state index in [1.54, 1.807) is 49.4 Å². The number of hydrogen-bond acceptors (Lipinski definition) is 7. The smallest absolute Gasteiger partial charge is 0.335 e. The van der Waals surface area contributed by atoms with E-state index in [2.05, 4.69) is 11.9 Å². The van der Waals surface area contributed by atoms with Gasteiger partial charge in [-0.25, -0.2) is 9.69 Å². The van der Waals surface area contributed by atoms with Crippen LogP contribution in [0.5, 0.6) is 11.5 Å². The van der Waals surface area contributed by atoms with Gasteiger partial charge in [-0.05, 0) is 72.5 Å². The second kappa shape index (κ2) is 11.8. The lowest BCUT2D eigenvalue weighted by Crippen LogP contribution is -2.54. The Hall–Kier alpha value is -4.96. The maximum absolute atomic E-state index is 13.3. The second-order valence-electron chi connectivity index (χ2n) is 8.81. The minimum absolute atomic E-state index is 0.0295. The lowest BCUT2D eigenvalue weighted by atomic mass is 10.0. The Morgan fingerprint density at radius 3 is 2.45 bits per heavy atom. The van der Waals surface area contributed by atoms with Gasteiger partial charge >= 0.3 is 6.03 Å². The number of nitrogens with one attached hydrogen (secondary N) is 1. The van der Waals surface area contributed by atoms with Crippen molar-refractivity contribution < 1.29 is 28.8 Å². The molecule has 0 radical (unpaired) electrons. The molecule has 204 valence electrons. The predicted molar refractivity (Wildman–Crippen MR) is 150 cm³/mol. The zero-order valence-electron chi connectivity index (χ0n) is 21.6. The van der Waals surface area contributed by atoms with Crippen molar-refractivity contribution in [1.82, 2.24) is 5.32 Å². The molecular weight excluding hydrogens is 538 g/mol. The second-order valence-corrected chi connectivity index (χ2v) is 9.21. The zero-order chi connectivity index (χ0) is 29.0. The van der Waals surface area contributed by atoms with E-state index in [4.69, 9.17) is 21.1 Å². The van der Waals surface area contributed by atoms with Crippen LogP contribution in [-0.2, 0) is 22.6 Å². The van der Waals surface area contributed by atoms with Crippen molar-refractivity contribution in [3.8, 4) is 11.5 Å². The van der Waals surface area contributed by atoms with E-state index in [1.165, 1.54) is 31.4 Å². The van der Waals surface area contributed by atoms with Gasteiger partial charge < -0.3 is 9.47 Å². The summed E-state index contributed by atoms with van der Waals surface area (Å²) in [5.41, 5.74) is 2.50. The lowest BCUT2D eigenvalue weighted by Gasteiger charge is -2.26. The molecule has 1 N–H and O–H groups in total. The van der Waals surface area contributed by atoms with Crippen LogP contribution < -0.4 is 19.7 Å². The summed E-state index contributed by atoms with van der Waals surface area (Å²) in [5.74, 6) is -0.910. The fraction of sp³-hybridized carbons (Fsp3) is 0.138. The summed E-state index contributed by atoms with van der Waals surface area (Å²) in [5, 5.41) is 13.5. The van der Waals surface area contributed by atoms with Crippen LogP contribution in [0.4, 0.5) is 16.2 Å². The number of amides is 4. The Bertz CT molecular complexity index is 1560. The number of imide groups is 2. The molecule has 40 heavy (non-hydrogen) atoms. The molecule has 0 atom stereocenters. The minimum Gasteiger partial charge on any atom is -0.493 e. The van der Waals surface area contributed by atoms with Gasteiger partial charge in [0.15, 0.2) is 11.5 Å². The first-order valence-electron chi connectivity index (χ1n) is 12.0. The molecular formula is C29H24ClN3O7. The third kappa shape index (κ3) is 5.87. The van der Waals surface area contributed by atoms with Crippen LogP contribution in [-0.4, -0.2) is 29.9 Å². The number of aryl methyl sites for hydroxylation is 1. The van der Waals surface area contributed by atoms with Gasteiger partial charge in [-0.15, -0.1) is 6.58 Å². The van der Waals surface area contributed by atoms with E-state index in [-0.39, 0.29) is 23.6 Å². The minimum atomic E-state index is -0.882. The Labute approximate surface area is 234 Å². The number of nitrogens with zero attached hydrogens (tertiary/aromatic N) is 2. The molecule has 4 amide bonds. The Balaban J connectivity index is 1.67. The molecule has 11 heteroatoms. The molecule has 1 fully saturated rings. The standard InChI is InChI=1S/C29H24ClN3O7/c1-4-5-20-12-19(14-25(39-3)26(20)40-16-18-7-10-21(11-8-18)33(37)38)13-23-27(34)31-29(36)32(28(23)35)22-9-6-17(2)24(30)15-22/h4,6-15H,1,5,16H2,2-3H3,(H,31,34,36)/b23-13-. The first-order chi connectivity index (χ1) is 19.1. The van der Waals surface area contributed by atoms with Gasteiger partial charge in [0.05, 0.1) is 17.7 Å². The van der Waals surface area contributed by atoms with Gasteiger partial charge in [-0.3, -0.25) is 25.0 Å². The number of hydrogen-bond donors (Lipinski definition) is 1. The van der Waals surface area contributed by atoms with Crippen molar-refractivity contribution in [2.75, 3.05) is 12.0 Å². The topological polar surface area (TPSA) is 128 Å². The molecule has 3 aromatic rings. The molecule has 1 heterocycles. The average molecular weight is 562 g/mol. The highest BCUT2D eigenvalue weighted by molar-refractivity contribution is 6.39. The third-order valence-electron chi connectivity index (χ3n) is 6.09. The summed E-state index contributed by atoms with van der Waals surface area (Å²) in [6, 6.07) is 13.1. The molecule has 0 saturated carbocycles. The first-order valence-corrected chi connectivity index (χ1v) is 12.4. The number of carbonyl (C=O) groups is 3. The molecule has 4 rings (SSSR count). The zero-order valence-corrected chi connectivity index (χ0v) is 22.4.